The normalized spacial score (nSPS) is 17.4. The highest BCUT2D eigenvalue weighted by atomic mass is 16.5. The molecule has 0 saturated carbocycles. The number of carbonyl (C=O) groups is 1. The second-order valence-corrected chi connectivity index (χ2v) is 8.73. The molecule has 0 aliphatic carbocycles. The second-order valence-electron chi connectivity index (χ2n) is 8.73. The number of rotatable bonds is 9. The third-order valence-electron chi connectivity index (χ3n) is 6.49. The zero-order valence-electron chi connectivity index (χ0n) is 19.1. The highest BCUT2D eigenvalue weighted by molar-refractivity contribution is 5.66. The lowest BCUT2D eigenvalue weighted by atomic mass is 9.74. The number of ether oxygens (including phenoxy) is 2. The van der Waals surface area contributed by atoms with E-state index in [0.717, 1.165) is 48.7 Å². The molecule has 2 aliphatic heterocycles. The molecule has 0 unspecified atom stereocenters. The van der Waals surface area contributed by atoms with Crippen LogP contribution in [0.5, 0.6) is 11.5 Å². The minimum atomic E-state index is -0.734. The molecule has 6 heteroatoms. The molecule has 2 heterocycles. The fourth-order valence-electron chi connectivity index (χ4n) is 4.49. The van der Waals surface area contributed by atoms with Crippen molar-refractivity contribution in [3.8, 4) is 11.5 Å². The van der Waals surface area contributed by atoms with Crippen LogP contribution in [-0.2, 0) is 16.8 Å². The first-order chi connectivity index (χ1) is 16.1. The fraction of sp³-hybridized carbons (Fsp3) is 0.370. The molecule has 0 radical (unpaired) electrons. The Labute approximate surface area is 195 Å². The number of nitrogens with one attached hydrogen (secondary N) is 1. The second kappa shape index (κ2) is 10.6. The summed E-state index contributed by atoms with van der Waals surface area (Å²) in [7, 11) is 0. The topological polar surface area (TPSA) is 71.0 Å². The number of hydrogen-bond acceptors (Lipinski definition) is 5. The highest BCUT2D eigenvalue weighted by Gasteiger charge is 2.43. The van der Waals surface area contributed by atoms with E-state index in [4.69, 9.17) is 14.6 Å². The number of fused-ring (bicyclic) bond motifs is 2. The molecule has 0 bridgehead atoms. The average molecular weight is 449 g/mol. The van der Waals surface area contributed by atoms with Crippen molar-refractivity contribution >= 4 is 11.7 Å². The van der Waals surface area contributed by atoms with Crippen molar-refractivity contribution in [1.29, 1.82) is 0 Å². The van der Waals surface area contributed by atoms with Gasteiger partial charge in [0.25, 0.3) is 0 Å². The smallest absolute Gasteiger partial charge is 0.304 e. The molecular weight excluding hydrogens is 416 g/mol. The molecule has 0 amide bonds. The maximum absolute atomic E-state index is 10.8. The molecule has 2 aromatic carbocycles. The van der Waals surface area contributed by atoms with Crippen molar-refractivity contribution in [2.45, 2.75) is 38.2 Å². The number of piperidine rings is 1. The van der Waals surface area contributed by atoms with Gasteiger partial charge in [-0.25, -0.2) is 0 Å². The molecule has 2 aromatic rings. The molecule has 1 fully saturated rings. The number of hydrogen-bond donors (Lipinski definition) is 2. The summed E-state index contributed by atoms with van der Waals surface area (Å²) in [6.07, 6.45) is 10.0. The van der Waals surface area contributed by atoms with E-state index in [0.29, 0.717) is 19.8 Å². The number of nitrogens with zero attached hydrogens (tertiary/aromatic N) is 1. The van der Waals surface area contributed by atoms with Crippen LogP contribution in [0, 0.1) is 0 Å². The molecule has 33 heavy (non-hydrogen) atoms. The Hall–Kier alpha value is -3.25. The van der Waals surface area contributed by atoms with Crippen molar-refractivity contribution in [2.24, 2.45) is 0 Å². The molecule has 6 nitrogen and oxygen atoms in total. The number of anilines is 1. The van der Waals surface area contributed by atoms with Crippen LogP contribution in [0.15, 0.2) is 66.9 Å². The Bertz CT molecular complexity index is 1010. The zero-order chi connectivity index (χ0) is 23.1. The number of carboxylic acids is 1. The van der Waals surface area contributed by atoms with Crippen LogP contribution in [0.25, 0.3) is 0 Å². The minimum absolute atomic E-state index is 0.0395. The maximum atomic E-state index is 10.8. The van der Waals surface area contributed by atoms with Gasteiger partial charge in [-0.2, -0.15) is 0 Å². The summed E-state index contributed by atoms with van der Waals surface area (Å²) < 4.78 is 12.1. The summed E-state index contributed by atoms with van der Waals surface area (Å²) >= 11 is 0. The summed E-state index contributed by atoms with van der Waals surface area (Å²) in [6.45, 7) is 5.61. The van der Waals surface area contributed by atoms with Crippen molar-refractivity contribution in [1.82, 2.24) is 4.90 Å². The van der Waals surface area contributed by atoms with Gasteiger partial charge >= 0.3 is 5.97 Å². The quantitative estimate of drug-likeness (QED) is 0.528. The lowest BCUT2D eigenvalue weighted by Gasteiger charge is -2.38. The van der Waals surface area contributed by atoms with Gasteiger partial charge in [-0.15, -0.1) is 0 Å². The van der Waals surface area contributed by atoms with Crippen LogP contribution in [0.3, 0.4) is 0 Å². The highest BCUT2D eigenvalue weighted by Crippen LogP contribution is 2.46. The Morgan fingerprint density at radius 2 is 1.97 bits per heavy atom. The molecular formula is C27H32N2O4. The number of aliphatic carboxylic acids is 1. The zero-order valence-corrected chi connectivity index (χ0v) is 19.1. The monoisotopic (exact) mass is 448 g/mol. The van der Waals surface area contributed by atoms with Gasteiger partial charge in [0.2, 0.25) is 0 Å². The van der Waals surface area contributed by atoms with Crippen molar-refractivity contribution < 1.29 is 19.4 Å². The van der Waals surface area contributed by atoms with Gasteiger partial charge in [-0.3, -0.25) is 4.79 Å². The summed E-state index contributed by atoms with van der Waals surface area (Å²) in [4.78, 5) is 13.1. The third-order valence-corrected chi connectivity index (χ3v) is 6.49. The fourth-order valence-corrected chi connectivity index (χ4v) is 4.49. The van der Waals surface area contributed by atoms with Gasteiger partial charge < -0.3 is 24.8 Å². The predicted octanol–water partition coefficient (Wildman–Crippen LogP) is 4.97. The molecule has 2 N–H and O–H groups in total. The van der Waals surface area contributed by atoms with Gasteiger partial charge in [0.1, 0.15) is 18.1 Å². The van der Waals surface area contributed by atoms with Gasteiger partial charge in [0, 0.05) is 35.5 Å². The number of benzene rings is 2. The maximum Gasteiger partial charge on any atom is 0.304 e. The van der Waals surface area contributed by atoms with Crippen LogP contribution in [0.4, 0.5) is 5.69 Å². The minimum Gasteiger partial charge on any atom is -0.492 e. The van der Waals surface area contributed by atoms with Gasteiger partial charge in [-0.1, -0.05) is 30.4 Å². The van der Waals surface area contributed by atoms with E-state index in [1.165, 1.54) is 5.56 Å². The number of likely N-dealkylation sites (tertiary alicyclic amines) is 1. The summed E-state index contributed by atoms with van der Waals surface area (Å²) in [5, 5.41) is 12.1. The van der Waals surface area contributed by atoms with Crippen LogP contribution in [0.1, 0.15) is 37.3 Å². The van der Waals surface area contributed by atoms with Crippen molar-refractivity contribution in [2.75, 3.05) is 31.6 Å². The Kier molecular flexibility index (Phi) is 7.35. The standard InChI is InChI=1S/C27H32N2O4/c1-2-3-4-14-28-22-7-5-21(6-8-22)19-32-23-9-10-24-25(18-23)33-20-27(24)12-16-29(17-13-27)15-11-26(30)31/h2-10,14,18,28H,11-13,15-17,19-20H2,1H3,(H,30,31)/b3-2+,14-4-. The summed E-state index contributed by atoms with van der Waals surface area (Å²) in [6, 6.07) is 14.4. The van der Waals surface area contributed by atoms with Crippen LogP contribution in [-0.4, -0.2) is 42.2 Å². The average Bonchev–Trinajstić information content (AvgIpc) is 3.18. The number of allylic oxidation sites excluding steroid dienone is 3. The van der Waals surface area contributed by atoms with Crippen LogP contribution >= 0.6 is 0 Å². The first-order valence-electron chi connectivity index (χ1n) is 11.6. The summed E-state index contributed by atoms with van der Waals surface area (Å²) in [5.74, 6) is 0.988. The van der Waals surface area contributed by atoms with Gasteiger partial charge in [-0.05, 0) is 62.7 Å². The largest absolute Gasteiger partial charge is 0.492 e. The summed E-state index contributed by atoms with van der Waals surface area (Å²) in [5.41, 5.74) is 3.43. The first-order valence-corrected chi connectivity index (χ1v) is 11.6. The molecule has 0 aromatic heterocycles. The van der Waals surface area contributed by atoms with Gasteiger partial charge in [0.15, 0.2) is 0 Å². The predicted molar refractivity (Wildman–Crippen MR) is 130 cm³/mol. The van der Waals surface area contributed by atoms with E-state index < -0.39 is 5.97 Å². The molecule has 0 atom stereocenters. The van der Waals surface area contributed by atoms with Gasteiger partial charge in [0.05, 0.1) is 13.0 Å². The Morgan fingerprint density at radius 3 is 2.70 bits per heavy atom. The van der Waals surface area contributed by atoms with E-state index in [-0.39, 0.29) is 11.8 Å². The molecule has 4 rings (SSSR count). The third kappa shape index (κ3) is 5.76. The molecule has 2 aliphatic rings. The van der Waals surface area contributed by atoms with E-state index in [2.05, 4.69) is 28.4 Å². The van der Waals surface area contributed by atoms with E-state index in [1.54, 1.807) is 0 Å². The molecule has 174 valence electrons. The SMILES string of the molecule is C/C=C/C=C\Nc1ccc(COc2ccc3c(c2)OCC32CCN(CCC(=O)O)CC2)cc1. The van der Waals surface area contributed by atoms with Crippen LogP contribution in [0.2, 0.25) is 0 Å². The van der Waals surface area contributed by atoms with E-state index in [9.17, 15) is 4.79 Å². The van der Waals surface area contributed by atoms with E-state index >= 15 is 0 Å². The lowest BCUT2D eigenvalue weighted by molar-refractivity contribution is -0.137. The molecule has 1 saturated heterocycles. The van der Waals surface area contributed by atoms with Crippen molar-refractivity contribution in [3.63, 3.8) is 0 Å². The van der Waals surface area contributed by atoms with E-state index in [1.807, 2.05) is 55.6 Å². The Morgan fingerprint density at radius 1 is 1.18 bits per heavy atom. The number of carboxylic acid groups (broad SMARTS) is 1. The molecule has 1 spiro atoms. The van der Waals surface area contributed by atoms with Crippen LogP contribution < -0.4 is 14.8 Å². The van der Waals surface area contributed by atoms with Crippen molar-refractivity contribution in [3.05, 3.63) is 78.0 Å². The Balaban J connectivity index is 1.31. The lowest BCUT2D eigenvalue weighted by Crippen LogP contribution is -2.44. The first kappa shape index (κ1) is 22.9.